The number of aromatic hydroxyl groups is 1. The minimum absolute atomic E-state index is 0.0430. The van der Waals surface area contributed by atoms with Gasteiger partial charge < -0.3 is 40.0 Å². The lowest BCUT2D eigenvalue weighted by atomic mass is 9.82. The van der Waals surface area contributed by atoms with E-state index < -0.39 is 12.2 Å². The summed E-state index contributed by atoms with van der Waals surface area (Å²) in [5, 5.41) is 27.8. The zero-order valence-electron chi connectivity index (χ0n) is 31.9. The van der Waals surface area contributed by atoms with Crippen molar-refractivity contribution in [2.24, 2.45) is 17.8 Å². The van der Waals surface area contributed by atoms with Crippen LogP contribution in [-0.2, 0) is 14.3 Å². The molecule has 1 saturated carbocycles. The Morgan fingerprint density at radius 2 is 1.68 bits per heavy atom. The van der Waals surface area contributed by atoms with E-state index in [1.807, 2.05) is 54.6 Å². The van der Waals surface area contributed by atoms with Crippen molar-refractivity contribution >= 4 is 23.0 Å². The van der Waals surface area contributed by atoms with Crippen LogP contribution in [0, 0.1) is 17.8 Å². The number of ether oxygens (including phenoxy) is 3. The molecule has 8 rings (SSSR count). The van der Waals surface area contributed by atoms with Crippen LogP contribution in [0.4, 0.5) is 4.79 Å². The highest BCUT2D eigenvalue weighted by Gasteiger charge is 2.37. The highest BCUT2D eigenvalue weighted by molar-refractivity contribution is 5.87. The number of pyridine rings is 1. The first kappa shape index (κ1) is 39.3. The number of aliphatic hydroxyl groups excluding tert-OH is 1. The molecule has 2 bridgehead atoms. The summed E-state index contributed by atoms with van der Waals surface area (Å²) in [6.07, 6.45) is 5.67. The molecule has 12 heteroatoms. The Morgan fingerprint density at radius 1 is 0.893 bits per heavy atom. The highest BCUT2D eigenvalue weighted by Crippen LogP contribution is 2.33. The lowest BCUT2D eigenvalue weighted by Crippen LogP contribution is -2.52. The molecule has 1 amide bonds. The van der Waals surface area contributed by atoms with E-state index in [1.165, 1.54) is 12.1 Å². The van der Waals surface area contributed by atoms with Crippen molar-refractivity contribution in [3.05, 3.63) is 106 Å². The Hall–Kier alpha value is -4.91. The molecule has 0 unspecified atom stereocenters. The smallest absolute Gasteiger partial charge is 0.408 e. The summed E-state index contributed by atoms with van der Waals surface area (Å²) in [5.41, 5.74) is 2.49. The summed E-state index contributed by atoms with van der Waals surface area (Å²) in [5.74, 6) is 1.24. The number of aromatic amines is 1. The summed E-state index contributed by atoms with van der Waals surface area (Å²) in [7, 11) is 0. The molecule has 0 spiro atoms. The number of aliphatic hydroxyl groups is 1. The molecule has 3 atom stereocenters. The standard InChI is InChI=1S/C44H54N4O8/c49-37-17-15-35(36-16-18-40(51)46-42(36)37)38(50)26-45-21-4-5-24-54-43(52)32-13-11-29(12-14-32)28-55-34-10-6-9-33(25-34)41(31-7-2-1-3-8-31)47-44(53)56-39-27-48-22-19-30(39)20-23-48/h1-3,6-10,15-18,25,29-30,32,38-39,41,45,49-50H,4-5,11-14,19-24,26-28H2,(H,46,51)(H,47,53)/t29?,32?,38-,39-,41-/m0/s1. The topological polar surface area (TPSA) is 162 Å². The summed E-state index contributed by atoms with van der Waals surface area (Å²) < 4.78 is 17.9. The molecule has 4 aromatic rings. The quantitative estimate of drug-likeness (QED) is 0.0678. The first-order chi connectivity index (χ1) is 27.3. The van der Waals surface area contributed by atoms with Crippen LogP contribution in [0.25, 0.3) is 10.9 Å². The number of aromatic nitrogens is 1. The van der Waals surface area contributed by atoms with Crippen LogP contribution in [0.1, 0.15) is 80.2 Å². The number of unbranched alkanes of at least 4 members (excludes halogenated alkanes) is 1. The minimum atomic E-state index is -0.821. The van der Waals surface area contributed by atoms with Gasteiger partial charge in [0.25, 0.3) is 0 Å². The molecular formula is C44H54N4O8. The maximum Gasteiger partial charge on any atom is 0.408 e. The molecule has 1 aromatic heterocycles. The molecule has 4 heterocycles. The lowest BCUT2D eigenvalue weighted by molar-refractivity contribution is -0.150. The van der Waals surface area contributed by atoms with Gasteiger partial charge in [-0.3, -0.25) is 14.5 Å². The normalized spacial score (nSPS) is 22.9. The van der Waals surface area contributed by atoms with Gasteiger partial charge in [-0.2, -0.15) is 0 Å². The van der Waals surface area contributed by atoms with Gasteiger partial charge in [0, 0.05) is 24.5 Å². The third-order valence-corrected chi connectivity index (χ3v) is 11.7. The number of H-pyrrole nitrogens is 1. The summed E-state index contributed by atoms with van der Waals surface area (Å²) in [6.45, 7) is 4.85. The van der Waals surface area contributed by atoms with Crippen molar-refractivity contribution in [3.8, 4) is 11.5 Å². The van der Waals surface area contributed by atoms with Crippen molar-refractivity contribution in [1.82, 2.24) is 20.5 Å². The van der Waals surface area contributed by atoms with E-state index in [0.717, 1.165) is 81.5 Å². The molecule has 12 nitrogen and oxygen atoms in total. The summed E-state index contributed by atoms with van der Waals surface area (Å²) >= 11 is 0. The van der Waals surface area contributed by atoms with Gasteiger partial charge in [0.05, 0.1) is 36.8 Å². The molecule has 3 saturated heterocycles. The average Bonchev–Trinajstić information content (AvgIpc) is 3.23. The van der Waals surface area contributed by atoms with Crippen LogP contribution in [0.5, 0.6) is 11.5 Å². The van der Waals surface area contributed by atoms with Gasteiger partial charge in [-0.25, -0.2) is 4.79 Å². The number of amides is 1. The number of hydrogen-bond donors (Lipinski definition) is 5. The number of fused-ring (bicyclic) bond motifs is 4. The zero-order chi connectivity index (χ0) is 38.9. The zero-order valence-corrected chi connectivity index (χ0v) is 31.9. The molecule has 4 aliphatic rings. The Bertz CT molecular complexity index is 1970. The lowest BCUT2D eigenvalue weighted by Gasteiger charge is -2.43. The predicted molar refractivity (Wildman–Crippen MR) is 212 cm³/mol. The van der Waals surface area contributed by atoms with E-state index in [2.05, 4.69) is 20.5 Å². The monoisotopic (exact) mass is 766 g/mol. The van der Waals surface area contributed by atoms with E-state index >= 15 is 0 Å². The van der Waals surface area contributed by atoms with Crippen LogP contribution in [-0.4, -0.2) is 84.2 Å². The SMILES string of the molecule is O=C(N[C@@H](c1ccccc1)c1cccc(OCC2CCC(C(=O)OCCCCNC[C@H](O)c3ccc(O)c4[nH]c(=O)ccc34)CC2)c1)O[C@H]1CN2CCC1CC2. The van der Waals surface area contributed by atoms with E-state index in [0.29, 0.717) is 61.0 Å². The maximum absolute atomic E-state index is 13.2. The van der Waals surface area contributed by atoms with Gasteiger partial charge in [0.15, 0.2) is 0 Å². The van der Waals surface area contributed by atoms with Gasteiger partial charge in [0.2, 0.25) is 5.56 Å². The fourth-order valence-corrected chi connectivity index (χ4v) is 8.44. The minimum Gasteiger partial charge on any atom is -0.506 e. The number of esters is 1. The van der Waals surface area contributed by atoms with Gasteiger partial charge in [-0.05, 0) is 124 Å². The van der Waals surface area contributed by atoms with Crippen molar-refractivity contribution in [3.63, 3.8) is 0 Å². The van der Waals surface area contributed by atoms with Crippen molar-refractivity contribution in [2.45, 2.75) is 69.6 Å². The molecule has 5 N–H and O–H groups in total. The number of nitrogens with one attached hydrogen (secondary N) is 3. The average molecular weight is 767 g/mol. The van der Waals surface area contributed by atoms with E-state index in [-0.39, 0.29) is 35.3 Å². The number of nitrogens with zero attached hydrogens (tertiary/aromatic N) is 1. The Labute approximate surface area is 327 Å². The van der Waals surface area contributed by atoms with Crippen LogP contribution >= 0.6 is 0 Å². The Balaban J connectivity index is 0.803. The Morgan fingerprint density at radius 3 is 2.45 bits per heavy atom. The van der Waals surface area contributed by atoms with Gasteiger partial charge >= 0.3 is 12.1 Å². The second-order valence-electron chi connectivity index (χ2n) is 15.6. The molecule has 298 valence electrons. The molecule has 1 aliphatic carbocycles. The fourth-order valence-electron chi connectivity index (χ4n) is 8.44. The van der Waals surface area contributed by atoms with E-state index in [1.54, 1.807) is 12.1 Å². The van der Waals surface area contributed by atoms with Crippen LogP contribution in [0.15, 0.2) is 83.7 Å². The van der Waals surface area contributed by atoms with Gasteiger partial charge in [0.1, 0.15) is 17.6 Å². The van der Waals surface area contributed by atoms with Crippen molar-refractivity contribution < 1.29 is 34.0 Å². The fraction of sp³-hybridized carbons (Fsp3) is 0.477. The third kappa shape index (κ3) is 10.1. The van der Waals surface area contributed by atoms with Gasteiger partial charge in [-0.15, -0.1) is 0 Å². The second kappa shape index (κ2) is 18.8. The number of carbonyl (C=O) groups is 2. The van der Waals surface area contributed by atoms with E-state index in [4.69, 9.17) is 14.2 Å². The molecule has 3 aromatic carbocycles. The Kier molecular flexibility index (Phi) is 13.2. The number of carbonyl (C=O) groups excluding carboxylic acids is 2. The number of piperidine rings is 3. The number of alkyl carbamates (subject to hydrolysis) is 1. The van der Waals surface area contributed by atoms with Crippen LogP contribution in [0.2, 0.25) is 0 Å². The largest absolute Gasteiger partial charge is 0.506 e. The number of hydrogen-bond acceptors (Lipinski definition) is 10. The van der Waals surface area contributed by atoms with Crippen LogP contribution in [0.3, 0.4) is 0 Å². The maximum atomic E-state index is 13.2. The third-order valence-electron chi connectivity index (χ3n) is 11.7. The first-order valence-electron chi connectivity index (χ1n) is 20.2. The second-order valence-corrected chi connectivity index (χ2v) is 15.6. The molecular weight excluding hydrogens is 713 g/mol. The molecule has 0 radical (unpaired) electrons. The van der Waals surface area contributed by atoms with E-state index in [9.17, 15) is 24.6 Å². The number of phenols is 1. The first-order valence-corrected chi connectivity index (χ1v) is 20.2. The molecule has 3 aliphatic heterocycles. The van der Waals surface area contributed by atoms with Crippen molar-refractivity contribution in [2.75, 3.05) is 45.9 Å². The molecule has 56 heavy (non-hydrogen) atoms. The van der Waals surface area contributed by atoms with Gasteiger partial charge in [-0.1, -0.05) is 48.5 Å². The number of rotatable bonds is 16. The predicted octanol–water partition coefficient (Wildman–Crippen LogP) is 5.98. The summed E-state index contributed by atoms with van der Waals surface area (Å²) in [4.78, 5) is 42.7. The summed E-state index contributed by atoms with van der Waals surface area (Å²) in [6, 6.07) is 23.5. The van der Waals surface area contributed by atoms with Crippen LogP contribution < -0.4 is 20.9 Å². The number of phenolic OH excluding ortho intramolecular Hbond substituents is 1. The highest BCUT2D eigenvalue weighted by atomic mass is 16.6. The number of benzene rings is 3. The molecule has 4 fully saturated rings. The van der Waals surface area contributed by atoms with Crippen molar-refractivity contribution in [1.29, 1.82) is 0 Å².